The third-order valence-electron chi connectivity index (χ3n) is 4.63. The lowest BCUT2D eigenvalue weighted by Crippen LogP contribution is -2.59. The minimum absolute atomic E-state index is 0.226. The van der Waals surface area contributed by atoms with Crippen molar-refractivity contribution in [2.45, 2.75) is 63.7 Å². The fourth-order valence-electron chi connectivity index (χ4n) is 2.51. The molecule has 0 saturated heterocycles. The minimum atomic E-state index is -1.73. The van der Waals surface area contributed by atoms with Crippen molar-refractivity contribution in [3.63, 3.8) is 0 Å². The molecule has 0 spiro atoms. The molecule has 4 amide bonds. The van der Waals surface area contributed by atoms with Crippen LogP contribution in [0.4, 0.5) is 0 Å². The van der Waals surface area contributed by atoms with Crippen molar-refractivity contribution >= 4 is 35.6 Å². The Balaban J connectivity index is 5.59. The molecule has 10 N–H and O–H groups in total. The summed E-state index contributed by atoms with van der Waals surface area (Å²) in [5.41, 5.74) is 10.5. The number of carboxylic acid groups (broad SMARTS) is 2. The van der Waals surface area contributed by atoms with Crippen LogP contribution in [0.3, 0.4) is 0 Å². The van der Waals surface area contributed by atoms with Gasteiger partial charge in [-0.05, 0) is 12.3 Å². The summed E-state index contributed by atoms with van der Waals surface area (Å²) in [6, 6.07) is -5.67. The average Bonchev–Trinajstić information content (AvgIpc) is 2.71. The minimum Gasteiger partial charge on any atom is -0.481 e. The van der Waals surface area contributed by atoms with Gasteiger partial charge in [-0.1, -0.05) is 20.3 Å². The maximum absolute atomic E-state index is 12.8. The van der Waals surface area contributed by atoms with Gasteiger partial charge in [0, 0.05) is 6.42 Å². The average molecular weight is 461 g/mol. The molecular weight excluding hydrogens is 430 g/mol. The van der Waals surface area contributed by atoms with E-state index in [0.29, 0.717) is 6.42 Å². The molecule has 0 aromatic carbocycles. The van der Waals surface area contributed by atoms with Crippen LogP contribution in [-0.4, -0.2) is 81.7 Å². The predicted octanol–water partition coefficient (Wildman–Crippen LogP) is -3.37. The number of hydrogen-bond acceptors (Lipinski definition) is 8. The number of aliphatic hydroxyl groups excluding tert-OH is 1. The standard InChI is InChI=1S/C18H31N5O9/c1-3-8(2)14(17(30)22-11(18(31)32)6-13(26)27)23-16(29)10(4-5-12(20)25)21-15(28)9(19)7-24/h8-11,14,24H,3-7,19H2,1-2H3,(H2,20,25)(H,21,28)(H,22,30)(H,23,29)(H,26,27)(H,31,32). The first kappa shape index (κ1) is 28.7. The Morgan fingerprint density at radius 2 is 1.47 bits per heavy atom. The molecule has 0 aliphatic heterocycles. The number of primary amides is 1. The number of aliphatic carboxylic acids is 2. The molecule has 0 fully saturated rings. The number of carbonyl (C=O) groups is 6. The van der Waals surface area contributed by atoms with Crippen molar-refractivity contribution in [2.24, 2.45) is 17.4 Å². The molecule has 0 bridgehead atoms. The van der Waals surface area contributed by atoms with Gasteiger partial charge >= 0.3 is 11.9 Å². The third-order valence-corrected chi connectivity index (χ3v) is 4.63. The Bertz CT molecular complexity index is 715. The van der Waals surface area contributed by atoms with Crippen LogP contribution in [0, 0.1) is 5.92 Å². The van der Waals surface area contributed by atoms with Crippen molar-refractivity contribution < 1.29 is 44.1 Å². The lowest BCUT2D eigenvalue weighted by atomic mass is 9.97. The van der Waals surface area contributed by atoms with Gasteiger partial charge in [-0.2, -0.15) is 0 Å². The SMILES string of the molecule is CCC(C)C(NC(=O)C(CCC(N)=O)NC(=O)C(N)CO)C(=O)NC(CC(=O)O)C(=O)O. The number of hydrogen-bond donors (Lipinski definition) is 8. The summed E-state index contributed by atoms with van der Waals surface area (Å²) in [4.78, 5) is 70.6. The Kier molecular flexibility index (Phi) is 12.5. The number of carboxylic acids is 2. The van der Waals surface area contributed by atoms with E-state index in [1.165, 1.54) is 0 Å². The zero-order valence-corrected chi connectivity index (χ0v) is 17.9. The molecule has 14 heteroatoms. The summed E-state index contributed by atoms with van der Waals surface area (Å²) in [6.45, 7) is 2.60. The smallest absolute Gasteiger partial charge is 0.326 e. The number of carbonyl (C=O) groups excluding carboxylic acids is 4. The largest absolute Gasteiger partial charge is 0.481 e. The number of amides is 4. The fourth-order valence-corrected chi connectivity index (χ4v) is 2.51. The van der Waals surface area contributed by atoms with Crippen LogP contribution in [0.5, 0.6) is 0 Å². The van der Waals surface area contributed by atoms with Crippen molar-refractivity contribution in [1.29, 1.82) is 0 Å². The first-order chi connectivity index (χ1) is 14.8. The summed E-state index contributed by atoms with van der Waals surface area (Å²) < 4.78 is 0. The maximum Gasteiger partial charge on any atom is 0.326 e. The molecule has 0 radical (unpaired) electrons. The van der Waals surface area contributed by atoms with Crippen LogP contribution in [0.15, 0.2) is 0 Å². The Labute approximate surface area is 184 Å². The van der Waals surface area contributed by atoms with Crippen molar-refractivity contribution in [3.05, 3.63) is 0 Å². The molecule has 32 heavy (non-hydrogen) atoms. The highest BCUT2D eigenvalue weighted by molar-refractivity contribution is 5.95. The number of aliphatic hydroxyl groups is 1. The Morgan fingerprint density at radius 1 is 0.906 bits per heavy atom. The van der Waals surface area contributed by atoms with Crippen LogP contribution in [0.25, 0.3) is 0 Å². The number of rotatable bonds is 15. The summed E-state index contributed by atoms with van der Waals surface area (Å²) in [5.74, 6) is -6.98. The van der Waals surface area contributed by atoms with E-state index in [-0.39, 0.29) is 12.8 Å². The van der Waals surface area contributed by atoms with E-state index < -0.39 is 78.7 Å². The second-order valence-electron chi connectivity index (χ2n) is 7.22. The maximum atomic E-state index is 12.8. The van der Waals surface area contributed by atoms with Gasteiger partial charge in [-0.3, -0.25) is 24.0 Å². The highest BCUT2D eigenvalue weighted by Crippen LogP contribution is 2.10. The van der Waals surface area contributed by atoms with E-state index in [9.17, 15) is 28.8 Å². The molecule has 0 heterocycles. The predicted molar refractivity (Wildman–Crippen MR) is 109 cm³/mol. The van der Waals surface area contributed by atoms with Crippen molar-refractivity contribution in [1.82, 2.24) is 16.0 Å². The van der Waals surface area contributed by atoms with E-state index >= 15 is 0 Å². The van der Waals surface area contributed by atoms with Gasteiger partial charge in [0.15, 0.2) is 0 Å². The molecule has 0 aromatic rings. The topological polar surface area (TPSA) is 251 Å². The second-order valence-corrected chi connectivity index (χ2v) is 7.22. The highest BCUT2D eigenvalue weighted by atomic mass is 16.4. The molecule has 182 valence electrons. The fraction of sp³-hybridized carbons (Fsp3) is 0.667. The number of nitrogens with two attached hydrogens (primary N) is 2. The lowest BCUT2D eigenvalue weighted by molar-refractivity contribution is -0.147. The zero-order chi connectivity index (χ0) is 25.0. The van der Waals surface area contributed by atoms with E-state index in [1.807, 2.05) is 0 Å². The molecule has 5 atom stereocenters. The van der Waals surface area contributed by atoms with Crippen LogP contribution in [0.1, 0.15) is 39.5 Å². The summed E-state index contributed by atoms with van der Waals surface area (Å²) in [7, 11) is 0. The summed E-state index contributed by atoms with van der Waals surface area (Å²) in [6.07, 6.45) is -1.01. The summed E-state index contributed by atoms with van der Waals surface area (Å²) in [5, 5.41) is 33.7. The highest BCUT2D eigenvalue weighted by Gasteiger charge is 2.33. The van der Waals surface area contributed by atoms with Crippen molar-refractivity contribution in [3.8, 4) is 0 Å². The molecule has 0 rings (SSSR count). The first-order valence-corrected chi connectivity index (χ1v) is 9.84. The quantitative estimate of drug-likeness (QED) is 0.120. The zero-order valence-electron chi connectivity index (χ0n) is 17.9. The monoisotopic (exact) mass is 461 g/mol. The molecule has 0 aliphatic carbocycles. The Hall–Kier alpha value is -3.26. The van der Waals surface area contributed by atoms with Gasteiger partial charge in [0.25, 0.3) is 0 Å². The molecular formula is C18H31N5O9. The van der Waals surface area contributed by atoms with E-state index in [4.69, 9.17) is 26.8 Å². The summed E-state index contributed by atoms with van der Waals surface area (Å²) >= 11 is 0. The molecule has 0 aromatic heterocycles. The van der Waals surface area contributed by atoms with Crippen LogP contribution >= 0.6 is 0 Å². The molecule has 5 unspecified atom stereocenters. The Morgan fingerprint density at radius 3 is 1.91 bits per heavy atom. The lowest BCUT2D eigenvalue weighted by Gasteiger charge is -2.27. The normalized spacial score (nSPS) is 15.4. The molecule has 0 saturated carbocycles. The van der Waals surface area contributed by atoms with E-state index in [1.54, 1.807) is 13.8 Å². The van der Waals surface area contributed by atoms with Gasteiger partial charge in [0.1, 0.15) is 24.2 Å². The van der Waals surface area contributed by atoms with Gasteiger partial charge in [-0.15, -0.1) is 0 Å². The van der Waals surface area contributed by atoms with Gasteiger partial charge in [0.05, 0.1) is 13.0 Å². The molecule has 14 nitrogen and oxygen atoms in total. The number of nitrogens with one attached hydrogen (secondary N) is 3. The third kappa shape index (κ3) is 10.2. The first-order valence-electron chi connectivity index (χ1n) is 9.84. The van der Waals surface area contributed by atoms with Crippen LogP contribution in [0.2, 0.25) is 0 Å². The van der Waals surface area contributed by atoms with Gasteiger partial charge in [0.2, 0.25) is 23.6 Å². The van der Waals surface area contributed by atoms with Crippen LogP contribution < -0.4 is 27.4 Å². The van der Waals surface area contributed by atoms with Gasteiger partial charge in [-0.25, -0.2) is 4.79 Å². The van der Waals surface area contributed by atoms with E-state index in [0.717, 1.165) is 0 Å². The van der Waals surface area contributed by atoms with E-state index in [2.05, 4.69) is 16.0 Å². The second kappa shape index (κ2) is 13.9. The molecule has 0 aliphatic rings. The van der Waals surface area contributed by atoms with Gasteiger partial charge < -0.3 is 42.7 Å². The van der Waals surface area contributed by atoms with Crippen LogP contribution in [-0.2, 0) is 28.8 Å². The van der Waals surface area contributed by atoms with Crippen molar-refractivity contribution in [2.75, 3.05) is 6.61 Å².